The molecule has 0 aromatic carbocycles. The van der Waals surface area contributed by atoms with Crippen LogP contribution in [0.1, 0.15) is 0 Å². The summed E-state index contributed by atoms with van der Waals surface area (Å²) in [5.74, 6) is 0.618. The molecule has 0 aliphatic carbocycles. The molecule has 4 aromatic heterocycles. The molecule has 0 spiro atoms. The van der Waals surface area contributed by atoms with Gasteiger partial charge in [-0.1, -0.05) is 0 Å². The van der Waals surface area contributed by atoms with Gasteiger partial charge in [-0.25, -0.2) is 14.0 Å². The highest BCUT2D eigenvalue weighted by Crippen LogP contribution is 2.30. The lowest BCUT2D eigenvalue weighted by atomic mass is 10.3. The van der Waals surface area contributed by atoms with Gasteiger partial charge in [0.1, 0.15) is 28.4 Å². The fourth-order valence-electron chi connectivity index (χ4n) is 2.67. The summed E-state index contributed by atoms with van der Waals surface area (Å²) in [6.45, 7) is -0.167. The zero-order chi connectivity index (χ0) is 20.4. The van der Waals surface area contributed by atoms with Gasteiger partial charge in [0.2, 0.25) is 4.96 Å². The molecular formula is C17H18N6O5S. The van der Waals surface area contributed by atoms with Crippen LogP contribution in [-0.2, 0) is 4.79 Å². The third-order valence-corrected chi connectivity index (χ3v) is 4.89. The second-order valence-electron chi connectivity index (χ2n) is 5.89. The minimum atomic E-state index is -0.339. The molecule has 0 atom stereocenters. The molecule has 152 valence electrons. The van der Waals surface area contributed by atoms with Gasteiger partial charge in [-0.05, 0) is 17.4 Å². The number of imidazole rings is 1. The predicted molar refractivity (Wildman–Crippen MR) is 104 cm³/mol. The molecule has 4 heterocycles. The second kappa shape index (κ2) is 7.93. The number of pyridine rings is 1. The first kappa shape index (κ1) is 19.0. The van der Waals surface area contributed by atoms with Crippen LogP contribution in [0.2, 0.25) is 0 Å². The number of amides is 1. The highest BCUT2D eigenvalue weighted by atomic mass is 32.1. The van der Waals surface area contributed by atoms with E-state index in [1.165, 1.54) is 18.4 Å². The van der Waals surface area contributed by atoms with Gasteiger partial charge in [-0.2, -0.15) is 5.10 Å². The molecule has 1 amide bonds. The molecule has 0 radical (unpaired) electrons. The van der Waals surface area contributed by atoms with Gasteiger partial charge < -0.3 is 24.6 Å². The fraction of sp³-hybridized carbons (Fsp3) is 0.294. The molecule has 12 heteroatoms. The Hall–Kier alpha value is -3.38. The molecule has 4 rings (SSSR count). The zero-order valence-electron chi connectivity index (χ0n) is 15.7. The number of carbonyl (C=O) groups is 1. The summed E-state index contributed by atoms with van der Waals surface area (Å²) in [5.41, 5.74) is 1.91. The van der Waals surface area contributed by atoms with Crippen molar-refractivity contribution in [2.24, 2.45) is 0 Å². The molecule has 0 fully saturated rings. The maximum absolute atomic E-state index is 11.8. The van der Waals surface area contributed by atoms with Crippen molar-refractivity contribution < 1.29 is 24.1 Å². The molecule has 0 unspecified atom stereocenters. The van der Waals surface area contributed by atoms with E-state index in [-0.39, 0.29) is 25.7 Å². The van der Waals surface area contributed by atoms with Gasteiger partial charge in [-0.3, -0.25) is 4.79 Å². The van der Waals surface area contributed by atoms with Crippen LogP contribution >= 0.6 is 11.3 Å². The van der Waals surface area contributed by atoms with Crippen LogP contribution in [0.5, 0.6) is 16.7 Å². The first-order chi connectivity index (χ1) is 14.1. The van der Waals surface area contributed by atoms with E-state index in [0.29, 0.717) is 38.6 Å². The van der Waals surface area contributed by atoms with E-state index in [2.05, 4.69) is 20.5 Å². The van der Waals surface area contributed by atoms with Crippen molar-refractivity contribution in [1.82, 2.24) is 29.5 Å². The van der Waals surface area contributed by atoms with E-state index in [1.807, 2.05) is 6.07 Å². The van der Waals surface area contributed by atoms with Crippen LogP contribution in [0.3, 0.4) is 0 Å². The van der Waals surface area contributed by atoms with E-state index in [1.54, 1.807) is 34.6 Å². The summed E-state index contributed by atoms with van der Waals surface area (Å²) in [6.07, 6.45) is 3.47. The number of ether oxygens (including phenoxy) is 3. The van der Waals surface area contributed by atoms with Crippen molar-refractivity contribution in [3.63, 3.8) is 0 Å². The molecule has 4 aromatic rings. The number of hydrogen-bond acceptors (Lipinski definition) is 9. The summed E-state index contributed by atoms with van der Waals surface area (Å²) in [5, 5.41) is 20.6. The van der Waals surface area contributed by atoms with E-state index < -0.39 is 0 Å². The summed E-state index contributed by atoms with van der Waals surface area (Å²) >= 11 is 1.32. The monoisotopic (exact) mass is 418 g/mol. The van der Waals surface area contributed by atoms with Crippen LogP contribution < -0.4 is 19.5 Å². The fourth-order valence-corrected chi connectivity index (χ4v) is 3.37. The number of methoxy groups -OCH3 is 2. The van der Waals surface area contributed by atoms with Crippen LogP contribution in [-0.4, -0.2) is 69.2 Å². The highest BCUT2D eigenvalue weighted by Gasteiger charge is 2.16. The molecule has 0 saturated heterocycles. The number of hydrogen-bond donors (Lipinski definition) is 2. The van der Waals surface area contributed by atoms with Gasteiger partial charge in [-0.15, -0.1) is 5.10 Å². The number of rotatable bonds is 8. The van der Waals surface area contributed by atoms with Gasteiger partial charge in [0.25, 0.3) is 11.1 Å². The molecule has 29 heavy (non-hydrogen) atoms. The maximum Gasteiger partial charge on any atom is 0.294 e. The number of nitrogens with zero attached hydrogens (tertiary/aromatic N) is 5. The minimum absolute atomic E-state index is 0.135. The molecule has 11 nitrogen and oxygen atoms in total. The summed E-state index contributed by atoms with van der Waals surface area (Å²) < 4.78 is 19.3. The lowest BCUT2D eigenvalue weighted by Crippen LogP contribution is -2.31. The van der Waals surface area contributed by atoms with Crippen LogP contribution in [0.25, 0.3) is 21.9 Å². The van der Waals surface area contributed by atoms with Crippen molar-refractivity contribution in [3.05, 3.63) is 24.5 Å². The number of fused-ring (bicyclic) bond motifs is 2. The summed E-state index contributed by atoms with van der Waals surface area (Å²) in [6, 6.07) is 3.49. The lowest BCUT2D eigenvalue weighted by molar-refractivity contribution is -0.123. The summed E-state index contributed by atoms with van der Waals surface area (Å²) in [7, 11) is 3.09. The second-order valence-corrected chi connectivity index (χ2v) is 6.81. The number of carbonyl (C=O) groups excluding carboxylic acids is 1. The smallest absolute Gasteiger partial charge is 0.294 e. The molecule has 0 bridgehead atoms. The van der Waals surface area contributed by atoms with Crippen LogP contribution in [0.15, 0.2) is 24.5 Å². The zero-order valence-corrected chi connectivity index (χ0v) is 16.5. The Morgan fingerprint density at radius 3 is 2.76 bits per heavy atom. The number of nitrogens with one attached hydrogen (secondary N) is 1. The Labute approximate surface area is 168 Å². The van der Waals surface area contributed by atoms with E-state index >= 15 is 0 Å². The van der Waals surface area contributed by atoms with E-state index in [0.717, 1.165) is 0 Å². The molecule has 2 N–H and O–H groups in total. The van der Waals surface area contributed by atoms with Crippen LogP contribution in [0.4, 0.5) is 0 Å². The molecular weight excluding hydrogens is 400 g/mol. The Balaban J connectivity index is 1.65. The highest BCUT2D eigenvalue weighted by molar-refractivity contribution is 7.18. The number of aromatic nitrogens is 5. The average Bonchev–Trinajstić information content (AvgIpc) is 3.42. The third kappa shape index (κ3) is 3.79. The number of aliphatic hydroxyl groups excluding tert-OH is 1. The number of aliphatic hydroxyl groups is 1. The minimum Gasteiger partial charge on any atom is -0.495 e. The maximum atomic E-state index is 11.8. The quantitative estimate of drug-likeness (QED) is 0.426. The Morgan fingerprint density at radius 2 is 2.03 bits per heavy atom. The van der Waals surface area contributed by atoms with Gasteiger partial charge in [0.05, 0.1) is 33.2 Å². The lowest BCUT2D eigenvalue weighted by Gasteiger charge is -2.09. The molecule has 0 saturated carbocycles. The Morgan fingerprint density at radius 1 is 1.17 bits per heavy atom. The molecule has 0 aliphatic heterocycles. The summed E-state index contributed by atoms with van der Waals surface area (Å²) in [4.78, 5) is 17.0. The van der Waals surface area contributed by atoms with Crippen molar-refractivity contribution in [2.75, 3.05) is 34.0 Å². The first-order valence-corrected chi connectivity index (χ1v) is 9.41. The van der Waals surface area contributed by atoms with Gasteiger partial charge >= 0.3 is 0 Å². The van der Waals surface area contributed by atoms with Crippen molar-refractivity contribution in [2.45, 2.75) is 0 Å². The Kier molecular flexibility index (Phi) is 5.18. The van der Waals surface area contributed by atoms with Gasteiger partial charge in [0.15, 0.2) is 6.61 Å². The topological polar surface area (TPSA) is 125 Å². The SMILES string of the molecule is COc1cc(OCC(=O)NCCO)c2cc(-c3cn4nc(OC)sc4n3)nn2c1. The normalized spacial score (nSPS) is 11.1. The van der Waals surface area contributed by atoms with Crippen molar-refractivity contribution in [3.8, 4) is 28.1 Å². The third-order valence-electron chi connectivity index (χ3n) is 4.00. The largest absolute Gasteiger partial charge is 0.495 e. The average molecular weight is 418 g/mol. The Bertz CT molecular complexity index is 1130. The van der Waals surface area contributed by atoms with E-state index in [9.17, 15) is 4.79 Å². The van der Waals surface area contributed by atoms with Crippen LogP contribution in [0, 0.1) is 0 Å². The first-order valence-electron chi connectivity index (χ1n) is 8.59. The standard InChI is InChI=1S/C17H18N6O5S/c1-26-10-5-14(28-9-15(25)18-3-4-24)13-6-11(20-22(13)7-10)12-8-23-16(19-12)29-17(21-23)27-2/h5-8,24H,3-4,9H2,1-2H3,(H,18,25). The predicted octanol–water partition coefficient (Wildman–Crippen LogP) is 0.610. The van der Waals surface area contributed by atoms with Crippen molar-refractivity contribution >= 4 is 27.7 Å². The molecule has 0 aliphatic rings. The van der Waals surface area contributed by atoms with Crippen molar-refractivity contribution in [1.29, 1.82) is 0 Å². The van der Waals surface area contributed by atoms with E-state index in [4.69, 9.17) is 19.3 Å². The van der Waals surface area contributed by atoms with Gasteiger partial charge in [0, 0.05) is 12.6 Å².